The number of nitrogens with zero attached hydrogens (tertiary/aromatic N) is 2. The smallest absolute Gasteiger partial charge is 0.0701 e. The van der Waals surface area contributed by atoms with Crippen LogP contribution in [-0.2, 0) is 14.2 Å². The summed E-state index contributed by atoms with van der Waals surface area (Å²) in [5.41, 5.74) is 2.40. The predicted molar refractivity (Wildman–Crippen MR) is 85.4 cm³/mol. The first-order chi connectivity index (χ1) is 10.3. The second-order valence-electron chi connectivity index (χ2n) is 5.20. The number of rotatable bonds is 0. The van der Waals surface area contributed by atoms with Crippen molar-refractivity contribution in [2.75, 3.05) is 76.6 Å². The van der Waals surface area contributed by atoms with Gasteiger partial charge in [-0.15, -0.1) is 0 Å². The predicted octanol–water partition coefficient (Wildman–Crippen LogP) is 1.62. The van der Waals surface area contributed by atoms with Crippen LogP contribution in [-0.4, -0.2) is 66.8 Å². The van der Waals surface area contributed by atoms with E-state index < -0.39 is 0 Å². The second kappa shape index (κ2) is 8.87. The molecule has 2 aliphatic heterocycles. The third-order valence-corrected chi connectivity index (χ3v) is 3.62. The highest BCUT2D eigenvalue weighted by molar-refractivity contribution is 5.55. The van der Waals surface area contributed by atoms with Crippen LogP contribution < -0.4 is 9.80 Å². The molecule has 0 spiro atoms. The summed E-state index contributed by atoms with van der Waals surface area (Å²) >= 11 is 0. The summed E-state index contributed by atoms with van der Waals surface area (Å²) in [6, 6.07) is 8.59. The molecular weight excluding hydrogens is 268 g/mol. The van der Waals surface area contributed by atoms with Gasteiger partial charge in [0.1, 0.15) is 0 Å². The van der Waals surface area contributed by atoms with Crippen LogP contribution in [0.25, 0.3) is 0 Å². The van der Waals surface area contributed by atoms with Crippen molar-refractivity contribution in [2.24, 2.45) is 0 Å². The Morgan fingerprint density at radius 2 is 0.952 bits per heavy atom. The minimum absolute atomic E-state index is 0.626. The fourth-order valence-electron chi connectivity index (χ4n) is 2.16. The van der Waals surface area contributed by atoms with Gasteiger partial charge in [0.15, 0.2) is 0 Å². The molecule has 0 amide bonds. The summed E-state index contributed by atoms with van der Waals surface area (Å²) < 4.78 is 16.6. The highest BCUT2D eigenvalue weighted by Gasteiger charge is 2.04. The summed E-state index contributed by atoms with van der Waals surface area (Å²) in [7, 11) is 4.17. The van der Waals surface area contributed by atoms with Gasteiger partial charge in [0.05, 0.1) is 39.6 Å². The summed E-state index contributed by atoms with van der Waals surface area (Å²) in [5.74, 6) is 0. The van der Waals surface area contributed by atoms with E-state index in [-0.39, 0.29) is 0 Å². The Hall–Kier alpha value is -1.30. The van der Waals surface area contributed by atoms with Gasteiger partial charge in [0.25, 0.3) is 0 Å². The lowest BCUT2D eigenvalue weighted by Gasteiger charge is -2.22. The Kier molecular flexibility index (Phi) is 6.79. The molecule has 0 unspecified atom stereocenters. The molecule has 0 aromatic heterocycles. The number of hydrogen-bond acceptors (Lipinski definition) is 5. The van der Waals surface area contributed by atoms with Gasteiger partial charge in [-0.25, -0.2) is 0 Å². The van der Waals surface area contributed by atoms with Crippen molar-refractivity contribution in [1.29, 1.82) is 0 Å². The van der Waals surface area contributed by atoms with E-state index in [9.17, 15) is 0 Å². The Bertz CT molecular complexity index is 360. The first kappa shape index (κ1) is 16.1. The van der Waals surface area contributed by atoms with Crippen molar-refractivity contribution in [3.05, 3.63) is 24.3 Å². The molecule has 0 atom stereocenters. The molecule has 3 rings (SSSR count). The molecule has 21 heavy (non-hydrogen) atoms. The SMILES string of the molecule is CN1CCOCCOCCOCCN(C)c2ccc1cc2. The molecular formula is C16H26N2O3. The topological polar surface area (TPSA) is 34.2 Å². The summed E-state index contributed by atoms with van der Waals surface area (Å²) in [6.45, 7) is 5.68. The molecule has 118 valence electrons. The van der Waals surface area contributed by atoms with E-state index in [1.807, 2.05) is 0 Å². The van der Waals surface area contributed by atoms with E-state index in [1.165, 1.54) is 11.4 Å². The summed E-state index contributed by atoms with van der Waals surface area (Å²) in [5, 5.41) is 0. The average molecular weight is 294 g/mol. The monoisotopic (exact) mass is 294 g/mol. The van der Waals surface area contributed by atoms with Crippen molar-refractivity contribution >= 4 is 11.4 Å². The van der Waals surface area contributed by atoms with E-state index in [0.717, 1.165) is 13.1 Å². The largest absolute Gasteiger partial charge is 0.377 e. The first-order valence-corrected chi connectivity index (χ1v) is 7.53. The number of benzene rings is 1. The van der Waals surface area contributed by atoms with Crippen LogP contribution in [0.3, 0.4) is 0 Å². The lowest BCUT2D eigenvalue weighted by Crippen LogP contribution is -2.24. The molecule has 0 saturated carbocycles. The molecule has 0 N–H and O–H groups in total. The van der Waals surface area contributed by atoms with Crippen LogP contribution in [0.15, 0.2) is 24.3 Å². The molecule has 1 aromatic rings. The second-order valence-corrected chi connectivity index (χ2v) is 5.20. The minimum Gasteiger partial charge on any atom is -0.377 e. The number of ether oxygens (including phenoxy) is 3. The molecule has 0 radical (unpaired) electrons. The molecule has 0 saturated heterocycles. The maximum absolute atomic E-state index is 5.57. The van der Waals surface area contributed by atoms with Gasteiger partial charge in [0.2, 0.25) is 0 Å². The van der Waals surface area contributed by atoms with Crippen molar-refractivity contribution in [3.8, 4) is 0 Å². The molecule has 0 fully saturated rings. The quantitative estimate of drug-likeness (QED) is 0.679. The van der Waals surface area contributed by atoms with Gasteiger partial charge in [-0.05, 0) is 24.3 Å². The van der Waals surface area contributed by atoms with Crippen LogP contribution in [0.4, 0.5) is 11.4 Å². The molecule has 2 aliphatic rings. The number of anilines is 2. The zero-order chi connectivity index (χ0) is 14.9. The third kappa shape index (κ3) is 5.53. The van der Waals surface area contributed by atoms with Gasteiger partial charge in [-0.1, -0.05) is 0 Å². The van der Waals surface area contributed by atoms with Crippen molar-refractivity contribution in [3.63, 3.8) is 0 Å². The van der Waals surface area contributed by atoms with Gasteiger partial charge in [-0.2, -0.15) is 0 Å². The zero-order valence-electron chi connectivity index (χ0n) is 13.1. The Morgan fingerprint density at radius 3 is 1.33 bits per heavy atom. The minimum atomic E-state index is 0.626. The van der Waals surface area contributed by atoms with E-state index in [4.69, 9.17) is 14.2 Å². The maximum atomic E-state index is 5.57. The van der Waals surface area contributed by atoms with Gasteiger partial charge in [-0.3, -0.25) is 0 Å². The fraction of sp³-hybridized carbons (Fsp3) is 0.625. The highest BCUT2D eigenvalue weighted by atomic mass is 16.5. The number of hydrogen-bond donors (Lipinski definition) is 0. The zero-order valence-corrected chi connectivity index (χ0v) is 13.1. The lowest BCUT2D eigenvalue weighted by molar-refractivity contribution is 0.0173. The molecule has 1 aromatic carbocycles. The van der Waals surface area contributed by atoms with E-state index >= 15 is 0 Å². The van der Waals surface area contributed by atoms with Gasteiger partial charge >= 0.3 is 0 Å². The van der Waals surface area contributed by atoms with Gasteiger partial charge in [0, 0.05) is 38.6 Å². The van der Waals surface area contributed by atoms with E-state index in [1.54, 1.807) is 0 Å². The molecule has 2 bridgehead atoms. The molecule has 2 heterocycles. The van der Waals surface area contributed by atoms with Crippen LogP contribution in [0.2, 0.25) is 0 Å². The van der Waals surface area contributed by atoms with E-state index in [0.29, 0.717) is 39.6 Å². The van der Waals surface area contributed by atoms with Crippen LogP contribution in [0.1, 0.15) is 0 Å². The average Bonchev–Trinajstić information content (AvgIpc) is 2.51. The van der Waals surface area contributed by atoms with Crippen LogP contribution in [0.5, 0.6) is 0 Å². The van der Waals surface area contributed by atoms with Crippen LogP contribution >= 0.6 is 0 Å². The van der Waals surface area contributed by atoms with Crippen molar-refractivity contribution < 1.29 is 14.2 Å². The first-order valence-electron chi connectivity index (χ1n) is 7.53. The van der Waals surface area contributed by atoms with Crippen molar-refractivity contribution in [1.82, 2.24) is 0 Å². The third-order valence-electron chi connectivity index (χ3n) is 3.62. The molecule has 5 heteroatoms. The Balaban J connectivity index is 1.95. The summed E-state index contributed by atoms with van der Waals surface area (Å²) in [6.07, 6.45) is 0. The normalized spacial score (nSPS) is 19.5. The van der Waals surface area contributed by atoms with E-state index in [2.05, 4.69) is 48.2 Å². The maximum Gasteiger partial charge on any atom is 0.0701 e. The Labute approximate surface area is 127 Å². The fourth-order valence-corrected chi connectivity index (χ4v) is 2.16. The Morgan fingerprint density at radius 1 is 0.619 bits per heavy atom. The highest BCUT2D eigenvalue weighted by Crippen LogP contribution is 2.19. The lowest BCUT2D eigenvalue weighted by atomic mass is 10.2. The van der Waals surface area contributed by atoms with Gasteiger partial charge < -0.3 is 24.0 Å². The molecule has 0 aliphatic carbocycles. The molecule has 5 nitrogen and oxygen atoms in total. The van der Waals surface area contributed by atoms with Crippen molar-refractivity contribution in [2.45, 2.75) is 0 Å². The number of fused-ring (bicyclic) bond motifs is 14. The standard InChI is InChI=1S/C16H26N2O3/c1-17-7-9-19-11-13-21-14-12-20-10-8-18(2)16-5-3-15(17)4-6-16/h3-6H,7-14H2,1-2H3. The van der Waals surface area contributed by atoms with Crippen LogP contribution in [0, 0.1) is 0 Å². The number of likely N-dealkylation sites (N-methyl/N-ethyl adjacent to an activating group) is 2. The summed E-state index contributed by atoms with van der Waals surface area (Å²) in [4.78, 5) is 4.40.